The van der Waals surface area contributed by atoms with Crippen LogP contribution in [-0.4, -0.2) is 25.5 Å². The van der Waals surface area contributed by atoms with Crippen molar-refractivity contribution in [2.75, 3.05) is 14.1 Å². The maximum Gasteiger partial charge on any atom is 0.0825 e. The summed E-state index contributed by atoms with van der Waals surface area (Å²) in [5, 5.41) is 0. The topological polar surface area (TPSA) is 24.7 Å². The molecular formula is C11H18N2. The van der Waals surface area contributed by atoms with E-state index in [-0.39, 0.29) is 0 Å². The molecule has 1 aliphatic rings. The summed E-state index contributed by atoms with van der Waals surface area (Å²) >= 11 is 0. The second kappa shape index (κ2) is 6.35. The molecule has 0 N–H and O–H groups in total. The summed E-state index contributed by atoms with van der Waals surface area (Å²) in [6.45, 7) is 6.05. The van der Waals surface area contributed by atoms with Gasteiger partial charge in [0.15, 0.2) is 0 Å². The van der Waals surface area contributed by atoms with Crippen molar-refractivity contribution in [2.45, 2.75) is 20.8 Å². The first-order chi connectivity index (χ1) is 6.27. The Morgan fingerprint density at radius 2 is 1.46 bits per heavy atom. The van der Waals surface area contributed by atoms with Crippen molar-refractivity contribution in [3.05, 3.63) is 23.8 Å². The Morgan fingerprint density at radius 1 is 0.923 bits per heavy atom. The maximum atomic E-state index is 4.11. The minimum absolute atomic E-state index is 0.957. The van der Waals surface area contributed by atoms with Crippen LogP contribution >= 0.6 is 0 Å². The van der Waals surface area contributed by atoms with Gasteiger partial charge in [0, 0.05) is 14.1 Å². The molecule has 0 bridgehead atoms. The standard InChI is InChI=1S/C9H12N2.C2H6/c1-7-4-5-8(10-2)9(6-7)11-3;1-2/h4-6H,1-3H3;1-2H3. The number of rotatable bonds is 0. The Kier molecular flexibility index (Phi) is 5.77. The van der Waals surface area contributed by atoms with E-state index in [2.05, 4.69) is 9.98 Å². The van der Waals surface area contributed by atoms with E-state index in [1.54, 1.807) is 14.1 Å². The summed E-state index contributed by atoms with van der Waals surface area (Å²) in [6, 6.07) is 0. The molecule has 0 saturated heterocycles. The minimum atomic E-state index is 0.957. The lowest BCUT2D eigenvalue weighted by Gasteiger charge is -2.05. The van der Waals surface area contributed by atoms with Crippen molar-refractivity contribution in [1.82, 2.24) is 0 Å². The third-order valence-corrected chi connectivity index (χ3v) is 1.61. The van der Waals surface area contributed by atoms with Gasteiger partial charge in [0.25, 0.3) is 0 Å². The van der Waals surface area contributed by atoms with Crippen LogP contribution in [0.1, 0.15) is 20.8 Å². The molecule has 0 heterocycles. The summed E-state index contributed by atoms with van der Waals surface area (Å²) in [6.07, 6.45) is 6.05. The molecule has 1 rings (SSSR count). The zero-order valence-corrected chi connectivity index (χ0v) is 9.13. The molecule has 0 radical (unpaired) electrons. The van der Waals surface area contributed by atoms with Crippen molar-refractivity contribution in [3.8, 4) is 0 Å². The number of hydrogen-bond acceptors (Lipinski definition) is 2. The van der Waals surface area contributed by atoms with Crippen molar-refractivity contribution in [1.29, 1.82) is 0 Å². The van der Waals surface area contributed by atoms with Gasteiger partial charge in [-0.2, -0.15) is 0 Å². The lowest BCUT2D eigenvalue weighted by molar-refractivity contribution is 1.41. The Labute approximate surface area is 80.8 Å². The molecule has 72 valence electrons. The van der Waals surface area contributed by atoms with E-state index < -0.39 is 0 Å². The quantitative estimate of drug-likeness (QED) is 0.509. The summed E-state index contributed by atoms with van der Waals surface area (Å²) in [4.78, 5) is 8.20. The van der Waals surface area contributed by atoms with Gasteiger partial charge in [-0.1, -0.05) is 19.9 Å². The summed E-state index contributed by atoms with van der Waals surface area (Å²) < 4.78 is 0. The zero-order chi connectivity index (χ0) is 10.3. The van der Waals surface area contributed by atoms with Gasteiger partial charge in [0.1, 0.15) is 0 Å². The average molecular weight is 178 g/mol. The summed E-state index contributed by atoms with van der Waals surface area (Å²) in [5.41, 5.74) is 3.14. The highest BCUT2D eigenvalue weighted by atomic mass is 14.8. The molecule has 0 aliphatic heterocycles. The first kappa shape index (κ1) is 11.8. The normalized spacial score (nSPS) is 21.2. The molecule has 0 spiro atoms. The smallest absolute Gasteiger partial charge is 0.0825 e. The van der Waals surface area contributed by atoms with Gasteiger partial charge in [-0.3, -0.25) is 9.98 Å². The fourth-order valence-electron chi connectivity index (χ4n) is 1.00. The second-order valence-corrected chi connectivity index (χ2v) is 2.44. The van der Waals surface area contributed by atoms with Crippen molar-refractivity contribution >= 4 is 11.4 Å². The van der Waals surface area contributed by atoms with Crippen molar-refractivity contribution < 1.29 is 0 Å². The fraction of sp³-hybridized carbons (Fsp3) is 0.455. The Bertz CT molecular complexity index is 268. The van der Waals surface area contributed by atoms with Gasteiger partial charge < -0.3 is 0 Å². The van der Waals surface area contributed by atoms with Crippen LogP contribution in [0.25, 0.3) is 0 Å². The predicted octanol–water partition coefficient (Wildman–Crippen LogP) is 2.67. The number of nitrogens with zero attached hydrogens (tertiary/aromatic N) is 2. The molecule has 0 saturated carbocycles. The molecule has 0 unspecified atom stereocenters. The highest BCUT2D eigenvalue weighted by Gasteiger charge is 2.04. The zero-order valence-electron chi connectivity index (χ0n) is 9.13. The van der Waals surface area contributed by atoms with Crippen molar-refractivity contribution in [2.24, 2.45) is 9.98 Å². The molecule has 0 aromatic rings. The molecule has 2 nitrogen and oxygen atoms in total. The Hall–Kier alpha value is -1.18. The van der Waals surface area contributed by atoms with Gasteiger partial charge in [0.05, 0.1) is 11.4 Å². The molecule has 0 aromatic heterocycles. The van der Waals surface area contributed by atoms with Crippen LogP contribution in [0.3, 0.4) is 0 Å². The van der Waals surface area contributed by atoms with E-state index in [4.69, 9.17) is 0 Å². The average Bonchev–Trinajstić information content (AvgIpc) is 2.20. The molecule has 0 atom stereocenters. The van der Waals surface area contributed by atoms with Crippen LogP contribution in [0.2, 0.25) is 0 Å². The van der Waals surface area contributed by atoms with E-state index in [0.717, 1.165) is 11.4 Å². The molecule has 2 heteroatoms. The monoisotopic (exact) mass is 178 g/mol. The largest absolute Gasteiger partial charge is 0.286 e. The molecule has 0 fully saturated rings. The molecule has 13 heavy (non-hydrogen) atoms. The number of aliphatic imine (C=N–C) groups is 2. The lowest BCUT2D eigenvalue weighted by Crippen LogP contribution is -2.12. The van der Waals surface area contributed by atoms with E-state index >= 15 is 0 Å². The first-order valence-corrected chi connectivity index (χ1v) is 4.58. The Morgan fingerprint density at radius 3 is 1.92 bits per heavy atom. The number of allylic oxidation sites excluding steroid dienone is 4. The van der Waals surface area contributed by atoms with Gasteiger partial charge in [-0.15, -0.1) is 0 Å². The first-order valence-electron chi connectivity index (χ1n) is 4.58. The Balaban J connectivity index is 0.000000671. The van der Waals surface area contributed by atoms with Crippen LogP contribution in [0.4, 0.5) is 0 Å². The van der Waals surface area contributed by atoms with Crippen LogP contribution in [-0.2, 0) is 0 Å². The molecule has 0 amide bonds. The van der Waals surface area contributed by atoms with E-state index in [1.165, 1.54) is 5.57 Å². The molecular weight excluding hydrogens is 160 g/mol. The molecule has 1 aliphatic carbocycles. The second-order valence-electron chi connectivity index (χ2n) is 2.44. The van der Waals surface area contributed by atoms with Crippen LogP contribution < -0.4 is 0 Å². The van der Waals surface area contributed by atoms with Crippen LogP contribution in [0.5, 0.6) is 0 Å². The van der Waals surface area contributed by atoms with E-state index in [1.807, 2.05) is 39.0 Å². The highest BCUT2D eigenvalue weighted by Crippen LogP contribution is 2.05. The SMILES string of the molecule is CC.CN=C1C=CC(C)=CC1=NC. The van der Waals surface area contributed by atoms with Gasteiger partial charge in [-0.05, 0) is 24.6 Å². The third kappa shape index (κ3) is 3.36. The van der Waals surface area contributed by atoms with Crippen LogP contribution in [0.15, 0.2) is 33.8 Å². The minimum Gasteiger partial charge on any atom is -0.286 e. The van der Waals surface area contributed by atoms with Gasteiger partial charge in [0.2, 0.25) is 0 Å². The summed E-state index contributed by atoms with van der Waals surface area (Å²) in [7, 11) is 3.56. The van der Waals surface area contributed by atoms with Gasteiger partial charge in [-0.25, -0.2) is 0 Å². The fourth-order valence-corrected chi connectivity index (χ4v) is 1.00. The molecule has 0 aromatic carbocycles. The van der Waals surface area contributed by atoms with Gasteiger partial charge >= 0.3 is 0 Å². The number of hydrogen-bond donors (Lipinski definition) is 0. The van der Waals surface area contributed by atoms with Crippen LogP contribution in [0, 0.1) is 0 Å². The lowest BCUT2D eigenvalue weighted by atomic mass is 10.1. The third-order valence-electron chi connectivity index (χ3n) is 1.61. The predicted molar refractivity (Wildman–Crippen MR) is 61.0 cm³/mol. The highest BCUT2D eigenvalue weighted by molar-refractivity contribution is 6.51. The maximum absolute atomic E-state index is 4.11. The summed E-state index contributed by atoms with van der Waals surface area (Å²) in [5.74, 6) is 0. The van der Waals surface area contributed by atoms with Crippen molar-refractivity contribution in [3.63, 3.8) is 0 Å². The van der Waals surface area contributed by atoms with E-state index in [9.17, 15) is 0 Å². The van der Waals surface area contributed by atoms with E-state index in [0.29, 0.717) is 0 Å².